The Hall–Kier alpha value is -4.26. The van der Waals surface area contributed by atoms with Crippen LogP contribution in [0.15, 0.2) is 84.4 Å². The van der Waals surface area contributed by atoms with Crippen molar-refractivity contribution in [2.75, 3.05) is 36.0 Å². The minimum absolute atomic E-state index is 0.203. The summed E-state index contributed by atoms with van der Waals surface area (Å²) < 4.78 is 32.4. The average Bonchev–Trinajstić information content (AvgIpc) is 3.66. The molecule has 0 bridgehead atoms. The van der Waals surface area contributed by atoms with Crippen molar-refractivity contribution in [1.82, 2.24) is 29.1 Å². The molecule has 6 rings (SSSR count). The van der Waals surface area contributed by atoms with Crippen LogP contribution < -0.4 is 15.5 Å². The molecule has 14 heteroatoms. The second kappa shape index (κ2) is 12.0. The summed E-state index contributed by atoms with van der Waals surface area (Å²) in [5.74, 6) is -1.75. The maximum absolute atomic E-state index is 15.0. The van der Waals surface area contributed by atoms with Gasteiger partial charge in [-0.25, -0.2) is 32.5 Å². The topological polar surface area (TPSA) is 97.2 Å². The van der Waals surface area contributed by atoms with Crippen molar-refractivity contribution in [1.29, 1.82) is 0 Å². The Morgan fingerprint density at radius 2 is 1.61 bits per heavy atom. The highest BCUT2D eigenvalue weighted by molar-refractivity contribution is 6.36. The smallest absolute Gasteiger partial charge is 0.350 e. The highest BCUT2D eigenvalue weighted by atomic mass is 35.5. The van der Waals surface area contributed by atoms with Gasteiger partial charge in [-0.1, -0.05) is 29.3 Å². The van der Waals surface area contributed by atoms with Crippen molar-refractivity contribution >= 4 is 34.6 Å². The maximum atomic E-state index is 15.0. The van der Waals surface area contributed by atoms with E-state index in [0.29, 0.717) is 21.8 Å². The SMILES string of the molecule is CC(n1ncn(-c2ccc(N3CCN(c4ccc(Cl)cc4Cl)CC3)cc2)c1=O)C(O)(Cn1cncn1)c1ccc(F)cc1F. The van der Waals surface area contributed by atoms with E-state index in [2.05, 4.69) is 25.0 Å². The molecule has 5 aromatic rings. The standard InChI is InChI=1S/C30H28Cl2F2N8O2/c1-20(30(44,16-40-18-35-17-36-40)25-8-3-22(33)15-27(25)34)42-29(43)41(19-37-42)24-6-4-23(5-7-24)38-10-12-39(13-11-38)28-9-2-21(31)14-26(28)32/h2-9,14-15,17-20,44H,10-13,16H2,1H3. The van der Waals surface area contributed by atoms with Crippen molar-refractivity contribution < 1.29 is 13.9 Å². The third-order valence-electron chi connectivity index (χ3n) is 8.04. The fraction of sp³-hybridized carbons (Fsp3) is 0.267. The number of benzene rings is 3. The summed E-state index contributed by atoms with van der Waals surface area (Å²) in [5, 5.41) is 21.4. The lowest BCUT2D eigenvalue weighted by Gasteiger charge is -2.37. The molecule has 0 amide bonds. The van der Waals surface area contributed by atoms with E-state index in [1.165, 1.54) is 28.2 Å². The normalized spacial score (nSPS) is 15.8. The number of halogens is 4. The van der Waals surface area contributed by atoms with Gasteiger partial charge in [-0.15, -0.1) is 0 Å². The molecule has 228 valence electrons. The molecular weight excluding hydrogens is 613 g/mol. The van der Waals surface area contributed by atoms with Crippen LogP contribution in [0, 0.1) is 11.6 Å². The first-order valence-electron chi connectivity index (χ1n) is 13.9. The quantitative estimate of drug-likeness (QED) is 0.263. The summed E-state index contributed by atoms with van der Waals surface area (Å²) in [7, 11) is 0. The van der Waals surface area contributed by atoms with E-state index in [0.717, 1.165) is 54.4 Å². The van der Waals surface area contributed by atoms with Crippen LogP contribution in [0.5, 0.6) is 0 Å². The largest absolute Gasteiger partial charge is 0.381 e. The highest BCUT2D eigenvalue weighted by Gasteiger charge is 2.42. The van der Waals surface area contributed by atoms with E-state index in [4.69, 9.17) is 23.2 Å². The van der Waals surface area contributed by atoms with Gasteiger partial charge in [-0.3, -0.25) is 0 Å². The third-order valence-corrected chi connectivity index (χ3v) is 8.58. The van der Waals surface area contributed by atoms with Crippen molar-refractivity contribution in [3.8, 4) is 5.69 Å². The van der Waals surface area contributed by atoms with Crippen molar-refractivity contribution in [3.05, 3.63) is 117 Å². The Morgan fingerprint density at radius 3 is 2.27 bits per heavy atom. The zero-order valence-corrected chi connectivity index (χ0v) is 25.1. The molecule has 2 unspecified atom stereocenters. The van der Waals surface area contributed by atoms with Crippen LogP contribution in [0.3, 0.4) is 0 Å². The van der Waals surface area contributed by atoms with Gasteiger partial charge in [-0.05, 0) is 55.5 Å². The van der Waals surface area contributed by atoms with E-state index in [-0.39, 0.29) is 12.1 Å². The Kier molecular flexibility index (Phi) is 8.14. The second-order valence-corrected chi connectivity index (χ2v) is 11.5. The molecule has 3 aromatic carbocycles. The Balaban J connectivity index is 1.21. The molecular formula is C30H28Cl2F2N8O2. The molecule has 10 nitrogen and oxygen atoms in total. The molecule has 1 N–H and O–H groups in total. The summed E-state index contributed by atoms with van der Waals surface area (Å²) in [6.45, 7) is 4.38. The van der Waals surface area contributed by atoms with Crippen LogP contribution in [-0.4, -0.2) is 60.4 Å². The highest BCUT2D eigenvalue weighted by Crippen LogP contribution is 2.36. The fourth-order valence-electron chi connectivity index (χ4n) is 5.57. The average molecular weight is 642 g/mol. The molecule has 1 saturated heterocycles. The monoisotopic (exact) mass is 640 g/mol. The van der Waals surface area contributed by atoms with E-state index < -0.39 is 29.0 Å². The van der Waals surface area contributed by atoms with Gasteiger partial charge in [0.1, 0.15) is 36.2 Å². The van der Waals surface area contributed by atoms with Crippen LogP contribution in [-0.2, 0) is 12.1 Å². The van der Waals surface area contributed by atoms with Gasteiger partial charge in [0.25, 0.3) is 0 Å². The van der Waals surface area contributed by atoms with Crippen LogP contribution in [0.2, 0.25) is 10.0 Å². The molecule has 2 aromatic heterocycles. The number of piperazine rings is 1. The molecule has 2 atom stereocenters. The molecule has 0 radical (unpaired) electrons. The van der Waals surface area contributed by atoms with Crippen molar-refractivity contribution in [2.45, 2.75) is 25.1 Å². The predicted molar refractivity (Wildman–Crippen MR) is 164 cm³/mol. The van der Waals surface area contributed by atoms with Crippen molar-refractivity contribution in [2.24, 2.45) is 0 Å². The van der Waals surface area contributed by atoms with Crippen molar-refractivity contribution in [3.63, 3.8) is 0 Å². The van der Waals surface area contributed by atoms with Gasteiger partial charge in [0.05, 0.1) is 29.0 Å². The van der Waals surface area contributed by atoms with Gasteiger partial charge >= 0.3 is 5.69 Å². The summed E-state index contributed by atoms with van der Waals surface area (Å²) in [6.07, 6.45) is 3.97. The Bertz CT molecular complexity index is 1820. The number of aromatic nitrogens is 6. The molecule has 1 aliphatic rings. The lowest BCUT2D eigenvalue weighted by molar-refractivity contribution is -0.0381. The maximum Gasteiger partial charge on any atom is 0.350 e. The minimum Gasteiger partial charge on any atom is -0.381 e. The number of aliphatic hydroxyl groups is 1. The Labute approximate surface area is 261 Å². The zero-order chi connectivity index (χ0) is 31.0. The first-order valence-corrected chi connectivity index (χ1v) is 14.6. The fourth-order valence-corrected chi connectivity index (χ4v) is 6.10. The van der Waals surface area contributed by atoms with E-state index in [1.807, 2.05) is 36.4 Å². The molecule has 0 spiro atoms. The predicted octanol–water partition coefficient (Wildman–Crippen LogP) is 4.69. The number of hydrogen-bond acceptors (Lipinski definition) is 7. The number of hydrogen-bond donors (Lipinski definition) is 1. The lowest BCUT2D eigenvalue weighted by Crippen LogP contribution is -2.46. The second-order valence-electron chi connectivity index (χ2n) is 10.6. The number of anilines is 2. The molecule has 1 fully saturated rings. The third kappa shape index (κ3) is 5.68. The first-order chi connectivity index (χ1) is 21.1. The lowest BCUT2D eigenvalue weighted by atomic mass is 9.86. The number of nitrogens with zero attached hydrogens (tertiary/aromatic N) is 8. The van der Waals surface area contributed by atoms with E-state index in [9.17, 15) is 18.7 Å². The summed E-state index contributed by atoms with van der Waals surface area (Å²) >= 11 is 12.4. The van der Waals surface area contributed by atoms with Gasteiger partial charge in [-0.2, -0.15) is 10.2 Å². The molecule has 0 saturated carbocycles. The number of rotatable bonds is 8. The van der Waals surface area contributed by atoms with E-state index >= 15 is 0 Å². The van der Waals surface area contributed by atoms with Crippen LogP contribution >= 0.6 is 23.2 Å². The summed E-state index contributed by atoms with van der Waals surface area (Å²) in [4.78, 5) is 21.9. The molecule has 44 heavy (non-hydrogen) atoms. The van der Waals surface area contributed by atoms with Gasteiger partial charge in [0, 0.05) is 48.5 Å². The summed E-state index contributed by atoms with van der Waals surface area (Å²) in [5.41, 5.74) is -0.261. The van der Waals surface area contributed by atoms with Gasteiger partial charge in [0.2, 0.25) is 0 Å². The van der Waals surface area contributed by atoms with Gasteiger partial charge in [0.15, 0.2) is 0 Å². The molecule has 3 heterocycles. The Morgan fingerprint density at radius 1 is 0.909 bits per heavy atom. The zero-order valence-electron chi connectivity index (χ0n) is 23.6. The van der Waals surface area contributed by atoms with E-state index in [1.54, 1.807) is 13.0 Å². The first kappa shape index (κ1) is 29.8. The molecule has 0 aliphatic carbocycles. The van der Waals surface area contributed by atoms with Crippen LogP contribution in [0.25, 0.3) is 5.69 Å². The van der Waals surface area contributed by atoms with Crippen LogP contribution in [0.4, 0.5) is 20.2 Å². The minimum atomic E-state index is -2.03. The van der Waals surface area contributed by atoms with Crippen LogP contribution in [0.1, 0.15) is 18.5 Å². The summed E-state index contributed by atoms with van der Waals surface area (Å²) in [6, 6.07) is 14.8. The molecule has 1 aliphatic heterocycles. The van der Waals surface area contributed by atoms with Gasteiger partial charge < -0.3 is 14.9 Å².